The van der Waals surface area contributed by atoms with Crippen molar-refractivity contribution in [3.05, 3.63) is 71.8 Å². The first-order valence-electron chi connectivity index (χ1n) is 17.7. The number of rotatable bonds is 12. The number of aliphatic hydroxyl groups is 2. The van der Waals surface area contributed by atoms with Gasteiger partial charge in [-0.3, -0.25) is 9.59 Å². The van der Waals surface area contributed by atoms with Gasteiger partial charge in [-0.1, -0.05) is 87.4 Å². The van der Waals surface area contributed by atoms with Gasteiger partial charge in [0.1, 0.15) is 13.2 Å². The van der Waals surface area contributed by atoms with E-state index in [9.17, 15) is 19.8 Å². The van der Waals surface area contributed by atoms with E-state index in [1.165, 1.54) is 12.8 Å². The number of carbonyl (C=O) groups excluding carboxylic acids is 2. The van der Waals surface area contributed by atoms with Crippen LogP contribution in [0.15, 0.2) is 60.7 Å². The first-order chi connectivity index (χ1) is 23.7. The standard InChI is InChI=1S/C38H52O6S2.2ClH.Zr/c1-25-17-29(35(39)31(19-25)37(41)43-21-27-11-5-3-6-12-27)23-45-33-15-9-10-16-34(33)46-24-30-18-26(2)20-32(36(30)40)38(42)44-22-28-13-7-4-8-14-28;;;/h3-8,11-14,25-26,29-36,39-40H,9-10,15-24H2,1-2H3;2*1H;/q;;;+2/p-2. The van der Waals surface area contributed by atoms with Crippen molar-refractivity contribution in [1.82, 2.24) is 0 Å². The van der Waals surface area contributed by atoms with Crippen LogP contribution >= 0.6 is 40.5 Å². The molecule has 0 saturated heterocycles. The molecule has 0 radical (unpaired) electrons. The summed E-state index contributed by atoms with van der Waals surface area (Å²) in [5.74, 6) is 1.02. The molecule has 0 spiro atoms. The molecule has 2 N–H and O–H groups in total. The molecule has 0 aromatic heterocycles. The van der Waals surface area contributed by atoms with Gasteiger partial charge in [0.25, 0.3) is 0 Å². The molecule has 3 aliphatic rings. The topological polar surface area (TPSA) is 93.1 Å². The van der Waals surface area contributed by atoms with Crippen LogP contribution in [0.3, 0.4) is 0 Å². The zero-order valence-corrected chi connectivity index (χ0v) is 34.2. The summed E-state index contributed by atoms with van der Waals surface area (Å²) in [4.78, 5) is 26.1. The third kappa shape index (κ3) is 13.1. The van der Waals surface area contributed by atoms with E-state index < -0.39 is 44.9 Å². The van der Waals surface area contributed by atoms with Gasteiger partial charge in [-0.25, -0.2) is 0 Å². The van der Waals surface area contributed by atoms with Gasteiger partial charge in [-0.05, 0) is 84.8 Å². The number of halogens is 2. The fourth-order valence-corrected chi connectivity index (χ4v) is 11.2. The second-order valence-corrected chi connectivity index (χ2v) is 20.4. The molecule has 3 aliphatic carbocycles. The van der Waals surface area contributed by atoms with Crippen molar-refractivity contribution in [3.63, 3.8) is 0 Å². The van der Waals surface area contributed by atoms with Gasteiger partial charge < -0.3 is 19.7 Å². The summed E-state index contributed by atoms with van der Waals surface area (Å²) < 4.78 is 11.3. The zero-order chi connectivity index (χ0) is 35.2. The predicted octanol–water partition coefficient (Wildman–Crippen LogP) is 8.67. The SMILES string of the molecule is CC1CC(CSC2CCCCC2SCC2CC(C)CC(C(=O)OCc3ccccc3)C2O)C(O)C(C(=O)OCc2ccccc2)C1.[Cl][Zr][Cl]. The minimum atomic E-state index is -0.826. The van der Waals surface area contributed by atoms with Crippen molar-refractivity contribution >= 4 is 52.5 Å². The Labute approximate surface area is 320 Å². The van der Waals surface area contributed by atoms with Gasteiger partial charge in [0.15, 0.2) is 0 Å². The van der Waals surface area contributed by atoms with E-state index >= 15 is 0 Å². The Morgan fingerprint density at radius 3 is 1.43 bits per heavy atom. The van der Waals surface area contributed by atoms with Crippen molar-refractivity contribution in [2.24, 2.45) is 35.5 Å². The number of thioether (sulfide) groups is 2. The molecule has 10 atom stereocenters. The molecular formula is C38H52Cl2O6S2Zr. The van der Waals surface area contributed by atoms with Crippen LogP contribution < -0.4 is 0 Å². The average molecular weight is 831 g/mol. The van der Waals surface area contributed by atoms with E-state index in [0.29, 0.717) is 35.2 Å². The van der Waals surface area contributed by atoms with Crippen molar-refractivity contribution < 1.29 is 50.1 Å². The van der Waals surface area contributed by atoms with Gasteiger partial charge >= 0.3 is 49.8 Å². The summed E-state index contributed by atoms with van der Waals surface area (Å²) in [6.45, 7) is 4.84. The second kappa shape index (κ2) is 21.9. The van der Waals surface area contributed by atoms with Gasteiger partial charge in [-0.2, -0.15) is 23.5 Å². The summed E-state index contributed by atoms with van der Waals surface area (Å²) in [7, 11) is 9.87. The Morgan fingerprint density at radius 2 is 1.06 bits per heavy atom. The van der Waals surface area contributed by atoms with Crippen LogP contribution in [0.25, 0.3) is 0 Å². The van der Waals surface area contributed by atoms with Crippen LogP contribution in [0, 0.1) is 35.5 Å². The minimum absolute atomic E-state index is 0.0688. The number of benzene rings is 2. The van der Waals surface area contributed by atoms with E-state index in [-0.39, 0.29) is 37.0 Å². The van der Waals surface area contributed by atoms with Crippen molar-refractivity contribution in [2.75, 3.05) is 11.5 Å². The fourth-order valence-electron chi connectivity index (χ4n) is 7.72. The van der Waals surface area contributed by atoms with E-state index in [1.54, 1.807) is 0 Å². The molecular weight excluding hydrogens is 779 g/mol. The number of ether oxygens (including phenoxy) is 2. The first-order valence-corrected chi connectivity index (χ1v) is 26.1. The number of esters is 2. The van der Waals surface area contributed by atoms with Crippen LogP contribution in [0.5, 0.6) is 0 Å². The van der Waals surface area contributed by atoms with Gasteiger partial charge in [-0.15, -0.1) is 0 Å². The summed E-state index contributed by atoms with van der Waals surface area (Å²) >= 11 is 3.11. The third-order valence-electron chi connectivity index (χ3n) is 10.3. The Balaban J connectivity index is 0.00000174. The maximum atomic E-state index is 13.0. The summed E-state index contributed by atoms with van der Waals surface area (Å²) in [6, 6.07) is 19.4. The molecule has 10 unspecified atom stereocenters. The van der Waals surface area contributed by atoms with E-state index in [0.717, 1.165) is 48.3 Å². The maximum absolute atomic E-state index is 13.0. The van der Waals surface area contributed by atoms with Crippen LogP contribution in [0.1, 0.15) is 76.3 Å². The molecule has 2 aromatic rings. The van der Waals surface area contributed by atoms with Crippen molar-refractivity contribution in [2.45, 2.75) is 101 Å². The predicted molar refractivity (Wildman–Crippen MR) is 198 cm³/mol. The molecule has 0 amide bonds. The number of aliphatic hydroxyl groups excluding tert-OH is 2. The molecule has 0 aliphatic heterocycles. The van der Waals surface area contributed by atoms with Gasteiger partial charge in [0.2, 0.25) is 0 Å². The fraction of sp³-hybridized carbons (Fsp3) is 0.632. The monoisotopic (exact) mass is 828 g/mol. The van der Waals surface area contributed by atoms with E-state index in [2.05, 4.69) is 13.8 Å². The molecule has 0 bridgehead atoms. The summed E-state index contributed by atoms with van der Waals surface area (Å²) in [5, 5.41) is 23.6. The Morgan fingerprint density at radius 1 is 0.694 bits per heavy atom. The Bertz CT molecular complexity index is 1170. The molecule has 5 rings (SSSR count). The zero-order valence-electron chi connectivity index (χ0n) is 28.6. The number of hydrogen-bond donors (Lipinski definition) is 2. The molecule has 0 heterocycles. The first kappa shape index (κ1) is 41.2. The second-order valence-electron chi connectivity index (χ2n) is 14.2. The van der Waals surface area contributed by atoms with Crippen molar-refractivity contribution in [3.8, 4) is 0 Å². The van der Waals surface area contributed by atoms with Gasteiger partial charge in [0.05, 0.1) is 24.0 Å². The molecule has 49 heavy (non-hydrogen) atoms. The molecule has 6 nitrogen and oxygen atoms in total. The van der Waals surface area contributed by atoms with Gasteiger partial charge in [0, 0.05) is 10.5 Å². The van der Waals surface area contributed by atoms with E-state index in [4.69, 9.17) is 26.5 Å². The quantitative estimate of drug-likeness (QED) is 0.206. The average Bonchev–Trinajstić information content (AvgIpc) is 3.11. The molecule has 11 heteroatoms. The Hall–Kier alpha value is -0.537. The summed E-state index contributed by atoms with van der Waals surface area (Å²) in [5.41, 5.74) is 1.91. The molecule has 2 aromatic carbocycles. The van der Waals surface area contributed by atoms with E-state index in [1.807, 2.05) is 84.2 Å². The normalized spacial score (nSPS) is 31.5. The van der Waals surface area contributed by atoms with Crippen LogP contribution in [-0.4, -0.2) is 56.4 Å². The van der Waals surface area contributed by atoms with Crippen LogP contribution in [0.2, 0.25) is 0 Å². The summed E-state index contributed by atoms with van der Waals surface area (Å²) in [6.07, 6.45) is 6.56. The van der Waals surface area contributed by atoms with Crippen molar-refractivity contribution in [1.29, 1.82) is 0 Å². The number of hydrogen-bond acceptors (Lipinski definition) is 8. The van der Waals surface area contributed by atoms with Crippen LogP contribution in [-0.2, 0) is 53.1 Å². The molecule has 3 fully saturated rings. The molecule has 270 valence electrons. The molecule has 3 saturated carbocycles. The number of carbonyl (C=O) groups is 2. The third-order valence-corrected chi connectivity index (χ3v) is 13.7. The Kier molecular flexibility index (Phi) is 18.4. The van der Waals surface area contributed by atoms with Crippen LogP contribution in [0.4, 0.5) is 0 Å².